The van der Waals surface area contributed by atoms with Crippen molar-refractivity contribution in [3.05, 3.63) is 133 Å². The zero-order valence-corrected chi connectivity index (χ0v) is 28.5. The Labute approximate surface area is 286 Å². The number of carbonyl (C=O) groups is 1. The summed E-state index contributed by atoms with van der Waals surface area (Å²) in [7, 11) is 3.18. The van der Waals surface area contributed by atoms with Crippen LogP contribution in [-0.2, 0) is 16.1 Å². The van der Waals surface area contributed by atoms with E-state index in [1.807, 2.05) is 91.1 Å². The maximum absolute atomic E-state index is 14.6. The van der Waals surface area contributed by atoms with Crippen molar-refractivity contribution in [2.75, 3.05) is 27.4 Å². The number of allylic oxidation sites excluding steroid dienone is 1. The fourth-order valence-electron chi connectivity index (χ4n) is 6.45. The summed E-state index contributed by atoms with van der Waals surface area (Å²) in [6.07, 6.45) is 3.95. The number of benzene rings is 4. The van der Waals surface area contributed by atoms with Crippen molar-refractivity contribution in [2.24, 2.45) is 4.99 Å². The molecule has 0 bridgehead atoms. The fourth-order valence-corrected chi connectivity index (χ4v) is 7.49. The van der Waals surface area contributed by atoms with Gasteiger partial charge in [0, 0.05) is 28.2 Å². The second-order valence-corrected chi connectivity index (χ2v) is 12.5. The molecule has 9 nitrogen and oxygen atoms in total. The molecule has 2 aromatic heterocycles. The number of thiazole rings is 1. The summed E-state index contributed by atoms with van der Waals surface area (Å²) in [5.74, 6) is 1.44. The van der Waals surface area contributed by atoms with Gasteiger partial charge in [-0.2, -0.15) is 0 Å². The minimum Gasteiger partial charge on any atom is -0.497 e. The molecule has 0 fully saturated rings. The molecule has 248 valence electrons. The topological polar surface area (TPSA) is 93.3 Å². The Bertz CT molecular complexity index is 2420. The predicted molar refractivity (Wildman–Crippen MR) is 191 cm³/mol. The minimum absolute atomic E-state index is 0.174. The number of ether oxygens (including phenoxy) is 4. The van der Waals surface area contributed by atoms with E-state index in [2.05, 4.69) is 10.6 Å². The van der Waals surface area contributed by atoms with Crippen molar-refractivity contribution in [1.29, 1.82) is 0 Å². The molecule has 1 unspecified atom stereocenters. The highest BCUT2D eigenvalue weighted by molar-refractivity contribution is 7.07. The average Bonchev–Trinajstić information content (AvgIpc) is 3.63. The van der Waals surface area contributed by atoms with Gasteiger partial charge in [-0.1, -0.05) is 59.9 Å². The van der Waals surface area contributed by atoms with Crippen LogP contribution in [0.2, 0.25) is 0 Å². The van der Waals surface area contributed by atoms with Crippen LogP contribution in [0.3, 0.4) is 0 Å². The van der Waals surface area contributed by atoms with Crippen LogP contribution in [0, 0.1) is 0 Å². The lowest BCUT2D eigenvalue weighted by Crippen LogP contribution is -2.40. The zero-order valence-electron chi connectivity index (χ0n) is 27.6. The van der Waals surface area contributed by atoms with Crippen molar-refractivity contribution in [3.8, 4) is 17.2 Å². The second-order valence-electron chi connectivity index (χ2n) is 11.5. The minimum atomic E-state index is -0.861. The number of carbonyl (C=O) groups excluding carboxylic acids is 1. The molecule has 7 rings (SSSR count). The van der Waals surface area contributed by atoms with Gasteiger partial charge < -0.3 is 23.5 Å². The number of esters is 1. The number of hydrogen-bond acceptors (Lipinski definition) is 8. The highest BCUT2D eigenvalue weighted by atomic mass is 32.1. The summed E-state index contributed by atoms with van der Waals surface area (Å²) in [6, 6.07) is 26.5. The van der Waals surface area contributed by atoms with E-state index in [9.17, 15) is 9.59 Å². The Kier molecular flexibility index (Phi) is 8.79. The third-order valence-electron chi connectivity index (χ3n) is 8.69. The first-order valence-corrected chi connectivity index (χ1v) is 16.8. The van der Waals surface area contributed by atoms with E-state index in [0.717, 1.165) is 33.0 Å². The number of methoxy groups -OCH3 is 2. The highest BCUT2D eigenvalue weighted by Gasteiger charge is 2.36. The summed E-state index contributed by atoms with van der Waals surface area (Å²) in [4.78, 5) is 33.5. The molecule has 10 heteroatoms. The largest absolute Gasteiger partial charge is 0.497 e. The Balaban J connectivity index is 1.39. The van der Waals surface area contributed by atoms with E-state index in [4.69, 9.17) is 23.9 Å². The molecular weight excluding hydrogens is 639 g/mol. The van der Waals surface area contributed by atoms with Gasteiger partial charge >= 0.3 is 5.97 Å². The lowest BCUT2D eigenvalue weighted by atomic mass is 9.90. The Morgan fingerprint density at radius 2 is 1.71 bits per heavy atom. The molecule has 1 aliphatic heterocycles. The number of fused-ring (bicyclic) bond motifs is 3. The smallest absolute Gasteiger partial charge is 0.338 e. The lowest BCUT2D eigenvalue weighted by Gasteiger charge is -2.27. The summed E-state index contributed by atoms with van der Waals surface area (Å²) >= 11 is 1.29. The SMILES string of the molecule is CCOC(=O)C1=C(C)N=c2s/c(=C\c3cn(CCOc4ccccc4)c4ccccc34)c(=O)n2C1c1c(OC)ccc2ccc(OC)cc12. The van der Waals surface area contributed by atoms with Gasteiger partial charge in [0.2, 0.25) is 0 Å². The molecule has 0 radical (unpaired) electrons. The summed E-state index contributed by atoms with van der Waals surface area (Å²) in [5, 5.41) is 2.70. The standard InChI is InChI=1S/C39H35N3O6S/c1-5-47-38(44)34-24(2)40-39-42(36(34)35-30-22-28(45-3)17-15-25(30)16-18-32(35)46-4)37(43)33(49-39)21-26-23-41(31-14-10-9-13-29(26)31)19-20-48-27-11-7-6-8-12-27/h6-18,21-23,36H,5,19-20H2,1-4H3/b33-21-. The van der Waals surface area contributed by atoms with Crippen LogP contribution in [-0.4, -0.2) is 42.5 Å². The van der Waals surface area contributed by atoms with E-state index >= 15 is 0 Å². The van der Waals surface area contributed by atoms with Crippen LogP contribution in [0.15, 0.2) is 112 Å². The van der Waals surface area contributed by atoms with Gasteiger partial charge in [-0.25, -0.2) is 9.79 Å². The summed E-state index contributed by atoms with van der Waals surface area (Å²) < 4.78 is 27.2. The maximum Gasteiger partial charge on any atom is 0.338 e. The third-order valence-corrected chi connectivity index (χ3v) is 9.67. The van der Waals surface area contributed by atoms with Gasteiger partial charge in [0.15, 0.2) is 4.80 Å². The number of aromatic nitrogens is 2. The first kappa shape index (κ1) is 32.0. The number of para-hydroxylation sites is 2. The molecule has 49 heavy (non-hydrogen) atoms. The predicted octanol–water partition coefficient (Wildman–Crippen LogP) is 6.00. The first-order chi connectivity index (χ1) is 23.9. The molecule has 6 aromatic rings. The van der Waals surface area contributed by atoms with Crippen LogP contribution in [0.4, 0.5) is 0 Å². The molecule has 4 aromatic carbocycles. The quantitative estimate of drug-likeness (QED) is 0.166. The van der Waals surface area contributed by atoms with E-state index in [1.54, 1.807) is 32.6 Å². The Morgan fingerprint density at radius 1 is 0.939 bits per heavy atom. The molecular formula is C39H35N3O6S. The van der Waals surface area contributed by atoms with Crippen LogP contribution >= 0.6 is 11.3 Å². The molecule has 0 N–H and O–H groups in total. The molecule has 1 atom stereocenters. The molecule has 3 heterocycles. The molecule has 0 saturated carbocycles. The maximum atomic E-state index is 14.6. The molecule has 0 saturated heterocycles. The second kappa shape index (κ2) is 13.5. The van der Waals surface area contributed by atoms with Crippen molar-refractivity contribution in [3.63, 3.8) is 0 Å². The van der Waals surface area contributed by atoms with Gasteiger partial charge in [0.05, 0.1) is 43.2 Å². The van der Waals surface area contributed by atoms with E-state index in [1.165, 1.54) is 11.3 Å². The van der Waals surface area contributed by atoms with Gasteiger partial charge in [-0.15, -0.1) is 0 Å². The highest BCUT2D eigenvalue weighted by Crippen LogP contribution is 2.41. The van der Waals surface area contributed by atoms with Gasteiger partial charge in [-0.3, -0.25) is 9.36 Å². The van der Waals surface area contributed by atoms with Crippen molar-refractivity contribution < 1.29 is 23.7 Å². The van der Waals surface area contributed by atoms with Crippen molar-refractivity contribution in [1.82, 2.24) is 9.13 Å². The molecule has 0 amide bonds. The average molecular weight is 674 g/mol. The van der Waals surface area contributed by atoms with Crippen molar-refractivity contribution in [2.45, 2.75) is 26.4 Å². The fraction of sp³-hybridized carbons (Fsp3) is 0.205. The van der Waals surface area contributed by atoms with E-state index in [-0.39, 0.29) is 17.7 Å². The van der Waals surface area contributed by atoms with Crippen LogP contribution in [0.5, 0.6) is 17.2 Å². The zero-order chi connectivity index (χ0) is 34.1. The van der Waals surface area contributed by atoms with Gasteiger partial charge in [0.1, 0.15) is 29.9 Å². The van der Waals surface area contributed by atoms with Crippen LogP contribution in [0.1, 0.15) is 31.0 Å². The van der Waals surface area contributed by atoms with Gasteiger partial charge in [0.25, 0.3) is 5.56 Å². The monoisotopic (exact) mass is 673 g/mol. The molecule has 0 aliphatic carbocycles. The number of rotatable bonds is 10. The number of nitrogens with zero attached hydrogens (tertiary/aromatic N) is 3. The summed E-state index contributed by atoms with van der Waals surface area (Å²) in [6.45, 7) is 4.81. The summed E-state index contributed by atoms with van der Waals surface area (Å²) in [5.41, 5.74) is 3.07. The van der Waals surface area contributed by atoms with E-state index in [0.29, 0.717) is 45.2 Å². The number of hydrogen-bond donors (Lipinski definition) is 0. The first-order valence-electron chi connectivity index (χ1n) is 16.0. The normalized spacial score (nSPS) is 14.5. The Morgan fingerprint density at radius 3 is 2.49 bits per heavy atom. The molecule has 0 spiro atoms. The Hall–Kier alpha value is -5.61. The van der Waals surface area contributed by atoms with Crippen LogP contribution < -0.4 is 29.1 Å². The third kappa shape index (κ3) is 5.89. The van der Waals surface area contributed by atoms with Crippen LogP contribution in [0.25, 0.3) is 27.8 Å². The lowest BCUT2D eigenvalue weighted by molar-refractivity contribution is -0.139. The van der Waals surface area contributed by atoms with Gasteiger partial charge in [-0.05, 0) is 67.1 Å². The van der Waals surface area contributed by atoms with E-state index < -0.39 is 12.0 Å². The van der Waals surface area contributed by atoms with Crippen molar-refractivity contribution >= 4 is 45.1 Å². The molecule has 1 aliphatic rings.